The second-order valence-electron chi connectivity index (χ2n) is 6.13. The van der Waals surface area contributed by atoms with Gasteiger partial charge in [0.2, 0.25) is 11.8 Å². The lowest BCUT2D eigenvalue weighted by atomic mass is 10.1. The van der Waals surface area contributed by atoms with Crippen LogP contribution in [-0.4, -0.2) is 36.4 Å². The fourth-order valence-electron chi connectivity index (χ4n) is 2.56. The molecule has 0 aliphatic carbocycles. The van der Waals surface area contributed by atoms with Crippen molar-refractivity contribution >= 4 is 11.7 Å². The van der Waals surface area contributed by atoms with Crippen molar-refractivity contribution in [2.45, 2.75) is 40.0 Å². The molecule has 1 aromatic heterocycles. The number of hydrogen-bond donors (Lipinski definition) is 1. The Labute approximate surface area is 154 Å². The Hall–Kier alpha value is -2.47. The second-order valence-corrected chi connectivity index (χ2v) is 6.13. The SMILES string of the molecule is CCOCCCNC(=O)CC(=O)Cc1nc(-c2ccccc2C)oc1C. The molecule has 140 valence electrons. The molecule has 0 fully saturated rings. The van der Waals surface area contributed by atoms with E-state index in [0.29, 0.717) is 37.1 Å². The van der Waals surface area contributed by atoms with E-state index in [1.807, 2.05) is 38.1 Å². The van der Waals surface area contributed by atoms with Crippen LogP contribution >= 0.6 is 0 Å². The molecule has 0 bridgehead atoms. The third-order valence-corrected chi connectivity index (χ3v) is 3.98. The summed E-state index contributed by atoms with van der Waals surface area (Å²) in [6.07, 6.45) is 0.671. The maximum absolute atomic E-state index is 12.2. The number of rotatable bonds is 10. The lowest BCUT2D eigenvalue weighted by Crippen LogP contribution is -2.27. The average Bonchev–Trinajstić information content (AvgIpc) is 2.95. The van der Waals surface area contributed by atoms with Crippen LogP contribution in [0.5, 0.6) is 0 Å². The van der Waals surface area contributed by atoms with Crippen LogP contribution < -0.4 is 5.32 Å². The number of carbonyl (C=O) groups excluding carboxylic acids is 2. The molecule has 0 saturated carbocycles. The van der Waals surface area contributed by atoms with Gasteiger partial charge in [-0.3, -0.25) is 9.59 Å². The van der Waals surface area contributed by atoms with Gasteiger partial charge in [-0.25, -0.2) is 4.98 Å². The number of nitrogens with zero attached hydrogens (tertiary/aromatic N) is 1. The monoisotopic (exact) mass is 358 g/mol. The minimum Gasteiger partial charge on any atom is -0.441 e. The first kappa shape index (κ1) is 19.8. The second kappa shape index (κ2) is 9.87. The van der Waals surface area contributed by atoms with Crippen LogP contribution in [0.2, 0.25) is 0 Å². The largest absolute Gasteiger partial charge is 0.441 e. The van der Waals surface area contributed by atoms with Crippen molar-refractivity contribution in [3.63, 3.8) is 0 Å². The van der Waals surface area contributed by atoms with Gasteiger partial charge in [0.1, 0.15) is 11.5 Å². The van der Waals surface area contributed by atoms with Gasteiger partial charge in [0.15, 0.2) is 0 Å². The van der Waals surface area contributed by atoms with E-state index in [1.165, 1.54) is 0 Å². The summed E-state index contributed by atoms with van der Waals surface area (Å²) in [5, 5.41) is 2.73. The predicted molar refractivity (Wildman–Crippen MR) is 98.9 cm³/mol. The fourth-order valence-corrected chi connectivity index (χ4v) is 2.56. The molecule has 0 aliphatic rings. The van der Waals surface area contributed by atoms with Gasteiger partial charge in [0, 0.05) is 25.3 Å². The molecule has 1 aromatic carbocycles. The standard InChI is InChI=1S/C20H26N2O4/c1-4-25-11-7-10-21-19(24)13-16(23)12-18-15(3)26-20(22-18)17-9-6-5-8-14(17)2/h5-6,8-9H,4,7,10-13H2,1-3H3,(H,21,24). The van der Waals surface area contributed by atoms with Gasteiger partial charge in [0.05, 0.1) is 18.5 Å². The number of carbonyl (C=O) groups is 2. The highest BCUT2D eigenvalue weighted by atomic mass is 16.5. The predicted octanol–water partition coefficient (Wildman–Crippen LogP) is 3.00. The van der Waals surface area contributed by atoms with Crippen LogP contribution in [0, 0.1) is 13.8 Å². The third kappa shape index (κ3) is 5.81. The number of ether oxygens (including phenoxy) is 1. The summed E-state index contributed by atoms with van der Waals surface area (Å²) in [5.41, 5.74) is 2.54. The molecule has 0 saturated heterocycles. The van der Waals surface area contributed by atoms with Gasteiger partial charge < -0.3 is 14.5 Å². The first-order chi connectivity index (χ1) is 12.5. The van der Waals surface area contributed by atoms with Crippen LogP contribution in [0.25, 0.3) is 11.5 Å². The van der Waals surface area contributed by atoms with E-state index < -0.39 is 0 Å². The summed E-state index contributed by atoms with van der Waals surface area (Å²) in [5.74, 6) is 0.657. The Bertz CT molecular complexity index is 752. The number of ketones is 1. The zero-order chi connectivity index (χ0) is 18.9. The molecule has 2 aromatic rings. The first-order valence-corrected chi connectivity index (χ1v) is 8.89. The zero-order valence-electron chi connectivity index (χ0n) is 15.6. The topological polar surface area (TPSA) is 81.4 Å². The van der Waals surface area contributed by atoms with Crippen LogP contribution in [0.4, 0.5) is 0 Å². The van der Waals surface area contributed by atoms with Crippen LogP contribution in [0.1, 0.15) is 36.8 Å². The number of benzene rings is 1. The van der Waals surface area contributed by atoms with Crippen molar-refractivity contribution in [1.29, 1.82) is 0 Å². The molecule has 0 unspecified atom stereocenters. The first-order valence-electron chi connectivity index (χ1n) is 8.89. The number of aromatic nitrogens is 1. The van der Waals surface area contributed by atoms with E-state index in [-0.39, 0.29) is 24.5 Å². The van der Waals surface area contributed by atoms with Gasteiger partial charge >= 0.3 is 0 Å². The van der Waals surface area contributed by atoms with Gasteiger partial charge in [-0.05, 0) is 38.8 Å². The number of amides is 1. The minimum atomic E-state index is -0.272. The lowest BCUT2D eigenvalue weighted by Gasteiger charge is -2.04. The molecule has 1 N–H and O–H groups in total. The highest BCUT2D eigenvalue weighted by Gasteiger charge is 2.17. The van der Waals surface area contributed by atoms with Crippen LogP contribution in [0.15, 0.2) is 28.7 Å². The minimum absolute atomic E-state index is 0.0909. The summed E-state index contributed by atoms with van der Waals surface area (Å²) in [6, 6.07) is 7.78. The zero-order valence-corrected chi connectivity index (χ0v) is 15.6. The molecule has 1 amide bonds. The Morgan fingerprint density at radius 2 is 2.00 bits per heavy atom. The van der Waals surface area contributed by atoms with E-state index >= 15 is 0 Å². The quantitative estimate of drug-likeness (QED) is 0.521. The van der Waals surface area contributed by atoms with Crippen molar-refractivity contribution in [1.82, 2.24) is 10.3 Å². The molecule has 26 heavy (non-hydrogen) atoms. The van der Waals surface area contributed by atoms with E-state index in [0.717, 1.165) is 17.5 Å². The summed E-state index contributed by atoms with van der Waals surface area (Å²) < 4.78 is 10.9. The Balaban J connectivity index is 1.87. The Kier molecular flexibility index (Phi) is 7.53. The number of hydrogen-bond acceptors (Lipinski definition) is 5. The van der Waals surface area contributed by atoms with Gasteiger partial charge in [-0.15, -0.1) is 0 Å². The molecule has 0 spiro atoms. The Morgan fingerprint density at radius 1 is 1.23 bits per heavy atom. The Morgan fingerprint density at radius 3 is 2.73 bits per heavy atom. The molecular weight excluding hydrogens is 332 g/mol. The summed E-state index contributed by atoms with van der Waals surface area (Å²) in [7, 11) is 0. The highest BCUT2D eigenvalue weighted by molar-refractivity contribution is 5.98. The number of Topliss-reactive ketones (excluding diaryl/α,β-unsaturated/α-hetero) is 1. The maximum Gasteiger partial charge on any atom is 0.227 e. The van der Waals surface area contributed by atoms with Crippen molar-refractivity contribution < 1.29 is 18.7 Å². The van der Waals surface area contributed by atoms with Gasteiger partial charge in [0.25, 0.3) is 0 Å². The van der Waals surface area contributed by atoms with Crippen molar-refractivity contribution in [2.75, 3.05) is 19.8 Å². The van der Waals surface area contributed by atoms with E-state index in [1.54, 1.807) is 6.92 Å². The average molecular weight is 358 g/mol. The lowest BCUT2D eigenvalue weighted by molar-refractivity contribution is -0.127. The molecule has 2 rings (SSSR count). The molecule has 6 nitrogen and oxygen atoms in total. The number of nitrogens with one attached hydrogen (secondary N) is 1. The van der Waals surface area contributed by atoms with E-state index in [2.05, 4.69) is 10.3 Å². The molecular formula is C20H26N2O4. The summed E-state index contributed by atoms with van der Waals surface area (Å²) >= 11 is 0. The number of aryl methyl sites for hydroxylation is 2. The molecule has 0 aliphatic heterocycles. The molecule has 0 radical (unpaired) electrons. The molecule has 1 heterocycles. The maximum atomic E-state index is 12.2. The normalized spacial score (nSPS) is 10.7. The van der Waals surface area contributed by atoms with Crippen LogP contribution in [-0.2, 0) is 20.7 Å². The molecule has 0 atom stereocenters. The highest BCUT2D eigenvalue weighted by Crippen LogP contribution is 2.25. The van der Waals surface area contributed by atoms with E-state index in [4.69, 9.17) is 9.15 Å². The van der Waals surface area contributed by atoms with Crippen molar-refractivity contribution in [3.05, 3.63) is 41.3 Å². The van der Waals surface area contributed by atoms with Crippen LogP contribution in [0.3, 0.4) is 0 Å². The summed E-state index contributed by atoms with van der Waals surface area (Å²) in [6.45, 7) is 7.46. The fraction of sp³-hybridized carbons (Fsp3) is 0.450. The van der Waals surface area contributed by atoms with Gasteiger partial charge in [-0.2, -0.15) is 0 Å². The number of oxazole rings is 1. The van der Waals surface area contributed by atoms with Gasteiger partial charge in [-0.1, -0.05) is 18.2 Å². The molecule has 6 heteroatoms. The van der Waals surface area contributed by atoms with Crippen molar-refractivity contribution in [2.24, 2.45) is 0 Å². The van der Waals surface area contributed by atoms with Crippen molar-refractivity contribution in [3.8, 4) is 11.5 Å². The van der Waals surface area contributed by atoms with E-state index in [9.17, 15) is 9.59 Å². The smallest absolute Gasteiger partial charge is 0.227 e. The summed E-state index contributed by atoms with van der Waals surface area (Å²) in [4.78, 5) is 28.4. The third-order valence-electron chi connectivity index (χ3n) is 3.98.